The van der Waals surface area contributed by atoms with Crippen molar-refractivity contribution in [3.05, 3.63) is 64.2 Å². The minimum Gasteiger partial charge on any atom is -0.491 e. The molecule has 7 heteroatoms. The molecule has 0 saturated carbocycles. The minimum atomic E-state index is -0.582. The zero-order valence-corrected chi connectivity index (χ0v) is 12.5. The van der Waals surface area contributed by atoms with Crippen LogP contribution in [0.5, 0.6) is 5.75 Å². The SMILES string of the molecule is COCCOc1ccc(NC(=O)c2ccccc2[N+](=O)[O-])cc1. The molecule has 0 spiro atoms. The Kier molecular flexibility index (Phi) is 5.65. The summed E-state index contributed by atoms with van der Waals surface area (Å²) in [5.74, 6) is 0.107. The summed E-state index contributed by atoms with van der Waals surface area (Å²) in [6.45, 7) is 0.911. The Bertz CT molecular complexity index is 685. The molecule has 1 amide bonds. The molecule has 0 radical (unpaired) electrons. The van der Waals surface area contributed by atoms with E-state index in [9.17, 15) is 14.9 Å². The van der Waals surface area contributed by atoms with Crippen LogP contribution in [0.15, 0.2) is 48.5 Å². The van der Waals surface area contributed by atoms with Gasteiger partial charge in [-0.3, -0.25) is 14.9 Å². The first kappa shape index (κ1) is 16.4. The quantitative estimate of drug-likeness (QED) is 0.482. The van der Waals surface area contributed by atoms with E-state index in [1.807, 2.05) is 0 Å². The highest BCUT2D eigenvalue weighted by molar-refractivity contribution is 6.07. The van der Waals surface area contributed by atoms with Gasteiger partial charge in [0.05, 0.1) is 11.5 Å². The summed E-state index contributed by atoms with van der Waals surface area (Å²) in [5, 5.41) is 13.6. The number of carbonyl (C=O) groups is 1. The van der Waals surface area contributed by atoms with E-state index in [1.54, 1.807) is 37.4 Å². The third kappa shape index (κ3) is 4.52. The molecule has 2 aromatic carbocycles. The Morgan fingerprint density at radius 1 is 1.13 bits per heavy atom. The van der Waals surface area contributed by atoms with Gasteiger partial charge >= 0.3 is 0 Å². The third-order valence-electron chi connectivity index (χ3n) is 3.01. The van der Waals surface area contributed by atoms with Gasteiger partial charge in [-0.05, 0) is 30.3 Å². The lowest BCUT2D eigenvalue weighted by Gasteiger charge is -2.08. The Balaban J connectivity index is 2.05. The molecule has 0 bridgehead atoms. The molecule has 23 heavy (non-hydrogen) atoms. The van der Waals surface area contributed by atoms with Gasteiger partial charge in [-0.25, -0.2) is 0 Å². The second-order valence-corrected chi connectivity index (χ2v) is 4.59. The summed E-state index contributed by atoms with van der Waals surface area (Å²) >= 11 is 0. The lowest BCUT2D eigenvalue weighted by Crippen LogP contribution is -2.13. The second kappa shape index (κ2) is 7.90. The minimum absolute atomic E-state index is 0.0120. The lowest BCUT2D eigenvalue weighted by atomic mass is 10.1. The molecule has 0 saturated heterocycles. The fraction of sp³-hybridized carbons (Fsp3) is 0.188. The molecule has 7 nitrogen and oxygen atoms in total. The Labute approximate surface area is 133 Å². The first-order valence-corrected chi connectivity index (χ1v) is 6.88. The normalized spacial score (nSPS) is 10.1. The smallest absolute Gasteiger partial charge is 0.282 e. The number of benzene rings is 2. The molecule has 0 aromatic heterocycles. The third-order valence-corrected chi connectivity index (χ3v) is 3.01. The molecule has 2 aromatic rings. The van der Waals surface area contributed by atoms with E-state index in [-0.39, 0.29) is 11.3 Å². The number of rotatable bonds is 7. The monoisotopic (exact) mass is 316 g/mol. The predicted molar refractivity (Wildman–Crippen MR) is 84.9 cm³/mol. The zero-order valence-electron chi connectivity index (χ0n) is 12.5. The van der Waals surface area contributed by atoms with Crippen LogP contribution >= 0.6 is 0 Å². The van der Waals surface area contributed by atoms with E-state index < -0.39 is 10.8 Å². The van der Waals surface area contributed by atoms with Crippen molar-refractivity contribution in [1.82, 2.24) is 0 Å². The number of para-hydroxylation sites is 1. The second-order valence-electron chi connectivity index (χ2n) is 4.59. The number of anilines is 1. The molecular weight excluding hydrogens is 300 g/mol. The topological polar surface area (TPSA) is 90.7 Å². The van der Waals surface area contributed by atoms with E-state index in [0.717, 1.165) is 0 Å². The van der Waals surface area contributed by atoms with Crippen LogP contribution in [0.25, 0.3) is 0 Å². The van der Waals surface area contributed by atoms with Crippen LogP contribution in [0.3, 0.4) is 0 Å². The molecule has 1 N–H and O–H groups in total. The molecule has 0 aliphatic carbocycles. The highest BCUT2D eigenvalue weighted by Crippen LogP contribution is 2.20. The van der Waals surface area contributed by atoms with Crippen molar-refractivity contribution in [3.8, 4) is 5.75 Å². The first-order valence-electron chi connectivity index (χ1n) is 6.88. The maximum absolute atomic E-state index is 12.2. The molecule has 0 fully saturated rings. The molecule has 0 heterocycles. The summed E-state index contributed by atoms with van der Waals surface area (Å²) in [6.07, 6.45) is 0. The van der Waals surface area contributed by atoms with Crippen molar-refractivity contribution in [3.63, 3.8) is 0 Å². The van der Waals surface area contributed by atoms with Crippen molar-refractivity contribution in [2.45, 2.75) is 0 Å². The maximum atomic E-state index is 12.2. The van der Waals surface area contributed by atoms with Gasteiger partial charge in [0.1, 0.15) is 17.9 Å². The summed E-state index contributed by atoms with van der Waals surface area (Å²) in [4.78, 5) is 22.5. The Morgan fingerprint density at radius 3 is 2.48 bits per heavy atom. The van der Waals surface area contributed by atoms with Crippen molar-refractivity contribution < 1.29 is 19.2 Å². The van der Waals surface area contributed by atoms with Gasteiger partial charge in [-0.2, -0.15) is 0 Å². The van der Waals surface area contributed by atoms with Gasteiger partial charge < -0.3 is 14.8 Å². The standard InChI is InChI=1S/C16H16N2O5/c1-22-10-11-23-13-8-6-12(7-9-13)17-16(19)14-4-2-3-5-15(14)18(20)21/h2-9H,10-11H2,1H3,(H,17,19). The van der Waals surface area contributed by atoms with Gasteiger partial charge in [-0.15, -0.1) is 0 Å². The fourth-order valence-electron chi connectivity index (χ4n) is 1.90. The van der Waals surface area contributed by atoms with E-state index in [1.165, 1.54) is 18.2 Å². The lowest BCUT2D eigenvalue weighted by molar-refractivity contribution is -0.385. The molecule has 120 valence electrons. The van der Waals surface area contributed by atoms with Crippen LogP contribution in [0.1, 0.15) is 10.4 Å². The summed E-state index contributed by atoms with van der Waals surface area (Å²) in [6, 6.07) is 12.5. The van der Waals surface area contributed by atoms with Crippen LogP contribution in [0, 0.1) is 10.1 Å². The first-order chi connectivity index (χ1) is 11.1. The van der Waals surface area contributed by atoms with Gasteiger partial charge in [0.25, 0.3) is 11.6 Å². The number of nitro groups is 1. The van der Waals surface area contributed by atoms with E-state index >= 15 is 0 Å². The Hall–Kier alpha value is -2.93. The number of amides is 1. The number of nitrogens with zero attached hydrogens (tertiary/aromatic N) is 1. The summed E-state index contributed by atoms with van der Waals surface area (Å²) in [7, 11) is 1.59. The highest BCUT2D eigenvalue weighted by Gasteiger charge is 2.19. The van der Waals surface area contributed by atoms with Crippen LogP contribution < -0.4 is 10.1 Å². The van der Waals surface area contributed by atoms with Gasteiger partial charge in [0.15, 0.2) is 0 Å². The van der Waals surface area contributed by atoms with Crippen LogP contribution in [0.4, 0.5) is 11.4 Å². The van der Waals surface area contributed by atoms with Crippen LogP contribution in [-0.4, -0.2) is 31.2 Å². The molecule has 0 aliphatic rings. The van der Waals surface area contributed by atoms with Crippen molar-refractivity contribution in [2.24, 2.45) is 0 Å². The number of ether oxygens (including phenoxy) is 2. The van der Waals surface area contributed by atoms with Crippen LogP contribution in [-0.2, 0) is 4.74 Å². The number of nitro benzene ring substituents is 1. The largest absolute Gasteiger partial charge is 0.491 e. The average Bonchev–Trinajstić information content (AvgIpc) is 2.56. The van der Waals surface area contributed by atoms with Gasteiger partial charge in [0.2, 0.25) is 0 Å². The summed E-state index contributed by atoms with van der Waals surface area (Å²) in [5.41, 5.74) is 0.301. The van der Waals surface area contributed by atoms with E-state index in [2.05, 4.69) is 5.32 Å². The van der Waals surface area contributed by atoms with Gasteiger partial charge in [0, 0.05) is 18.9 Å². The molecule has 0 unspecified atom stereocenters. The zero-order chi connectivity index (χ0) is 16.7. The highest BCUT2D eigenvalue weighted by atomic mass is 16.6. The van der Waals surface area contributed by atoms with E-state index in [4.69, 9.17) is 9.47 Å². The van der Waals surface area contributed by atoms with Crippen LogP contribution in [0.2, 0.25) is 0 Å². The predicted octanol–water partition coefficient (Wildman–Crippen LogP) is 2.87. The van der Waals surface area contributed by atoms with Crippen molar-refractivity contribution in [1.29, 1.82) is 0 Å². The summed E-state index contributed by atoms with van der Waals surface area (Å²) < 4.78 is 10.3. The van der Waals surface area contributed by atoms with Gasteiger partial charge in [-0.1, -0.05) is 12.1 Å². The molecular formula is C16H16N2O5. The number of methoxy groups -OCH3 is 1. The average molecular weight is 316 g/mol. The van der Waals surface area contributed by atoms with E-state index in [0.29, 0.717) is 24.7 Å². The number of hydrogen-bond acceptors (Lipinski definition) is 5. The molecule has 0 atom stereocenters. The fourth-order valence-corrected chi connectivity index (χ4v) is 1.90. The number of hydrogen-bond donors (Lipinski definition) is 1. The number of carbonyl (C=O) groups excluding carboxylic acids is 1. The molecule has 2 rings (SSSR count). The Morgan fingerprint density at radius 2 is 1.83 bits per heavy atom. The van der Waals surface area contributed by atoms with Crippen molar-refractivity contribution in [2.75, 3.05) is 25.6 Å². The number of nitrogens with one attached hydrogen (secondary N) is 1. The maximum Gasteiger partial charge on any atom is 0.282 e. The molecule has 0 aliphatic heterocycles. The van der Waals surface area contributed by atoms with Crippen molar-refractivity contribution >= 4 is 17.3 Å².